The summed E-state index contributed by atoms with van der Waals surface area (Å²) < 4.78 is 33.6. The number of benzene rings is 2. The highest BCUT2D eigenvalue weighted by Gasteiger charge is 2.09. The molecular formula is C16H17F2NO2. The van der Waals surface area contributed by atoms with Gasteiger partial charge in [-0.3, -0.25) is 0 Å². The fourth-order valence-electron chi connectivity index (χ4n) is 2.07. The second-order valence-electron chi connectivity index (χ2n) is 4.61. The highest BCUT2D eigenvalue weighted by Crippen LogP contribution is 2.22. The Morgan fingerprint density at radius 1 is 1.05 bits per heavy atom. The molecule has 0 spiro atoms. The second-order valence-corrected chi connectivity index (χ2v) is 4.61. The van der Waals surface area contributed by atoms with Crippen LogP contribution in [0, 0.1) is 0 Å². The topological polar surface area (TPSA) is 44.5 Å². The summed E-state index contributed by atoms with van der Waals surface area (Å²) in [5, 5.41) is 0. The normalized spacial score (nSPS) is 12.2. The molecule has 21 heavy (non-hydrogen) atoms. The molecule has 0 heterocycles. The van der Waals surface area contributed by atoms with Gasteiger partial charge in [0, 0.05) is 6.04 Å². The SMILES string of the molecule is COc1cccc(CC(N)c2ccc(OC(F)F)cc2)c1. The lowest BCUT2D eigenvalue weighted by Gasteiger charge is -2.13. The van der Waals surface area contributed by atoms with E-state index in [0.29, 0.717) is 6.42 Å². The fraction of sp³-hybridized carbons (Fsp3) is 0.250. The summed E-state index contributed by atoms with van der Waals surface area (Å²) in [6.45, 7) is -2.82. The predicted molar refractivity (Wildman–Crippen MR) is 76.7 cm³/mol. The highest BCUT2D eigenvalue weighted by molar-refractivity contribution is 5.32. The van der Waals surface area contributed by atoms with Gasteiger partial charge >= 0.3 is 6.61 Å². The predicted octanol–water partition coefficient (Wildman–Crippen LogP) is 3.54. The fourth-order valence-corrected chi connectivity index (χ4v) is 2.07. The van der Waals surface area contributed by atoms with Crippen molar-refractivity contribution in [3.05, 3.63) is 59.7 Å². The van der Waals surface area contributed by atoms with Crippen molar-refractivity contribution in [3.63, 3.8) is 0 Å². The van der Waals surface area contributed by atoms with Crippen molar-refractivity contribution in [3.8, 4) is 11.5 Å². The molecule has 0 aliphatic rings. The van der Waals surface area contributed by atoms with E-state index < -0.39 is 6.61 Å². The molecule has 0 bridgehead atoms. The standard InChI is InChI=1S/C16H17F2NO2/c1-20-14-4-2-3-11(9-14)10-15(19)12-5-7-13(8-6-12)21-16(17)18/h2-9,15-16H,10,19H2,1H3. The van der Waals surface area contributed by atoms with Crippen molar-refractivity contribution >= 4 is 0 Å². The third-order valence-corrected chi connectivity index (χ3v) is 3.12. The van der Waals surface area contributed by atoms with Crippen molar-refractivity contribution in [2.45, 2.75) is 19.1 Å². The van der Waals surface area contributed by atoms with E-state index in [1.54, 1.807) is 19.2 Å². The van der Waals surface area contributed by atoms with Crippen LogP contribution in [0.5, 0.6) is 11.5 Å². The molecule has 2 aromatic carbocycles. The molecule has 0 aromatic heterocycles. The van der Waals surface area contributed by atoms with Crippen molar-refractivity contribution in [2.75, 3.05) is 7.11 Å². The Bertz CT molecular complexity index is 573. The zero-order valence-corrected chi connectivity index (χ0v) is 11.6. The van der Waals surface area contributed by atoms with Gasteiger partial charge in [0.2, 0.25) is 0 Å². The van der Waals surface area contributed by atoms with Crippen LogP contribution in [-0.4, -0.2) is 13.7 Å². The molecule has 2 rings (SSSR count). The number of hydrogen-bond acceptors (Lipinski definition) is 3. The number of nitrogens with two attached hydrogens (primary N) is 1. The van der Waals surface area contributed by atoms with Gasteiger partial charge in [-0.15, -0.1) is 0 Å². The monoisotopic (exact) mass is 293 g/mol. The van der Waals surface area contributed by atoms with Gasteiger partial charge in [0.25, 0.3) is 0 Å². The molecule has 5 heteroatoms. The lowest BCUT2D eigenvalue weighted by molar-refractivity contribution is -0.0498. The third-order valence-electron chi connectivity index (χ3n) is 3.12. The first-order valence-corrected chi connectivity index (χ1v) is 6.52. The minimum Gasteiger partial charge on any atom is -0.497 e. The molecule has 1 atom stereocenters. The van der Waals surface area contributed by atoms with E-state index in [1.165, 1.54) is 12.1 Å². The van der Waals surface area contributed by atoms with E-state index in [0.717, 1.165) is 16.9 Å². The van der Waals surface area contributed by atoms with E-state index in [2.05, 4.69) is 4.74 Å². The molecule has 0 radical (unpaired) electrons. The number of methoxy groups -OCH3 is 1. The molecule has 0 saturated heterocycles. The van der Waals surface area contributed by atoms with Gasteiger partial charge < -0.3 is 15.2 Å². The first-order chi connectivity index (χ1) is 10.1. The maximum Gasteiger partial charge on any atom is 0.387 e. The second kappa shape index (κ2) is 7.04. The molecule has 2 aromatic rings. The van der Waals surface area contributed by atoms with Crippen LogP contribution in [0.25, 0.3) is 0 Å². The van der Waals surface area contributed by atoms with Crippen LogP contribution in [0.2, 0.25) is 0 Å². The summed E-state index contributed by atoms with van der Waals surface area (Å²) in [7, 11) is 1.61. The van der Waals surface area contributed by atoms with Crippen molar-refractivity contribution in [1.29, 1.82) is 0 Å². The van der Waals surface area contributed by atoms with Crippen molar-refractivity contribution in [1.82, 2.24) is 0 Å². The Kier molecular flexibility index (Phi) is 5.11. The first kappa shape index (κ1) is 15.3. The molecule has 0 amide bonds. The average molecular weight is 293 g/mol. The Balaban J connectivity index is 2.03. The van der Waals surface area contributed by atoms with Gasteiger partial charge in [0.15, 0.2) is 0 Å². The molecule has 3 nitrogen and oxygen atoms in total. The Hall–Kier alpha value is -2.14. The smallest absolute Gasteiger partial charge is 0.387 e. The quantitative estimate of drug-likeness (QED) is 0.886. The molecule has 112 valence electrons. The van der Waals surface area contributed by atoms with Crippen LogP contribution in [0.4, 0.5) is 8.78 Å². The number of rotatable bonds is 6. The number of hydrogen-bond donors (Lipinski definition) is 1. The van der Waals surface area contributed by atoms with Crippen LogP contribution in [0.15, 0.2) is 48.5 Å². The van der Waals surface area contributed by atoms with Gasteiger partial charge in [-0.2, -0.15) is 8.78 Å². The summed E-state index contributed by atoms with van der Waals surface area (Å²) in [4.78, 5) is 0. The van der Waals surface area contributed by atoms with E-state index in [9.17, 15) is 8.78 Å². The zero-order chi connectivity index (χ0) is 15.2. The van der Waals surface area contributed by atoms with Gasteiger partial charge in [-0.25, -0.2) is 0 Å². The number of halogens is 2. The minimum atomic E-state index is -2.82. The van der Waals surface area contributed by atoms with Crippen LogP contribution in [0.1, 0.15) is 17.2 Å². The van der Waals surface area contributed by atoms with Crippen molar-refractivity contribution < 1.29 is 18.3 Å². The Labute approximate surface area is 122 Å². The van der Waals surface area contributed by atoms with E-state index in [4.69, 9.17) is 10.5 Å². The molecule has 0 aliphatic carbocycles. The summed E-state index contributed by atoms with van der Waals surface area (Å²) in [6, 6.07) is 13.8. The van der Waals surface area contributed by atoms with E-state index in [1.807, 2.05) is 24.3 Å². The van der Waals surface area contributed by atoms with E-state index in [-0.39, 0.29) is 11.8 Å². The van der Waals surface area contributed by atoms with E-state index >= 15 is 0 Å². The highest BCUT2D eigenvalue weighted by atomic mass is 19.3. The molecule has 1 unspecified atom stereocenters. The molecule has 0 fully saturated rings. The Morgan fingerprint density at radius 3 is 2.38 bits per heavy atom. The Morgan fingerprint density at radius 2 is 1.76 bits per heavy atom. The maximum atomic E-state index is 12.1. The minimum absolute atomic E-state index is 0.127. The van der Waals surface area contributed by atoms with Gasteiger partial charge in [-0.05, 0) is 41.8 Å². The lowest BCUT2D eigenvalue weighted by Crippen LogP contribution is -2.13. The van der Waals surface area contributed by atoms with Crippen LogP contribution in [0.3, 0.4) is 0 Å². The zero-order valence-electron chi connectivity index (χ0n) is 11.6. The number of ether oxygens (including phenoxy) is 2. The maximum absolute atomic E-state index is 12.1. The van der Waals surface area contributed by atoms with Gasteiger partial charge in [0.05, 0.1) is 7.11 Å². The van der Waals surface area contributed by atoms with Crippen LogP contribution < -0.4 is 15.2 Å². The summed E-state index contributed by atoms with van der Waals surface area (Å²) >= 11 is 0. The summed E-state index contributed by atoms with van der Waals surface area (Å²) in [5.41, 5.74) is 8.05. The molecule has 0 aliphatic heterocycles. The first-order valence-electron chi connectivity index (χ1n) is 6.52. The summed E-state index contributed by atoms with van der Waals surface area (Å²) in [6.07, 6.45) is 0.631. The third kappa shape index (κ3) is 4.43. The molecular weight excluding hydrogens is 276 g/mol. The largest absolute Gasteiger partial charge is 0.497 e. The number of alkyl halides is 2. The molecule has 0 saturated carbocycles. The summed E-state index contributed by atoms with van der Waals surface area (Å²) in [5.74, 6) is 0.905. The van der Waals surface area contributed by atoms with Gasteiger partial charge in [0.1, 0.15) is 11.5 Å². The van der Waals surface area contributed by atoms with Crippen LogP contribution >= 0.6 is 0 Å². The van der Waals surface area contributed by atoms with Crippen LogP contribution in [-0.2, 0) is 6.42 Å². The van der Waals surface area contributed by atoms with Crippen molar-refractivity contribution in [2.24, 2.45) is 5.73 Å². The van der Waals surface area contributed by atoms with Gasteiger partial charge in [-0.1, -0.05) is 24.3 Å². The molecule has 2 N–H and O–H groups in total. The average Bonchev–Trinajstić information content (AvgIpc) is 2.47. The lowest BCUT2D eigenvalue weighted by atomic mass is 9.99.